The average Bonchev–Trinajstić information content (AvgIpc) is 2.86. The summed E-state index contributed by atoms with van der Waals surface area (Å²) in [5.74, 6) is 1.71. The van der Waals surface area contributed by atoms with Crippen molar-refractivity contribution in [3.8, 4) is 0 Å². The molecule has 1 aromatic heterocycles. The molecular weight excluding hydrogens is 248 g/mol. The minimum absolute atomic E-state index is 0.769. The second kappa shape index (κ2) is 10.8. The Morgan fingerprint density at radius 1 is 0.900 bits per heavy atom. The van der Waals surface area contributed by atoms with E-state index in [2.05, 4.69) is 29.3 Å². The first-order valence-corrected chi connectivity index (χ1v) is 8.50. The Bertz CT molecular complexity index is 335. The predicted molar refractivity (Wildman–Crippen MR) is 83.6 cm³/mol. The number of nitrogens with zero attached hydrogens (tertiary/aromatic N) is 4. The van der Waals surface area contributed by atoms with Gasteiger partial charge in [-0.2, -0.15) is 4.80 Å². The normalized spacial score (nSPS) is 12.8. The summed E-state index contributed by atoms with van der Waals surface area (Å²) < 4.78 is 0. The van der Waals surface area contributed by atoms with Gasteiger partial charge in [0.25, 0.3) is 0 Å². The highest BCUT2D eigenvalue weighted by molar-refractivity contribution is 4.67. The minimum atomic E-state index is 0.769. The molecule has 0 bridgehead atoms. The van der Waals surface area contributed by atoms with Gasteiger partial charge in [-0.1, -0.05) is 71.6 Å². The summed E-state index contributed by atoms with van der Waals surface area (Å²) in [5.41, 5.74) is 0. The molecule has 0 spiro atoms. The maximum atomic E-state index is 4.23. The quantitative estimate of drug-likeness (QED) is 0.528. The molecule has 0 aliphatic heterocycles. The summed E-state index contributed by atoms with van der Waals surface area (Å²) >= 11 is 0. The Kier molecular flexibility index (Phi) is 9.25. The molecule has 4 nitrogen and oxygen atoms in total. The van der Waals surface area contributed by atoms with Crippen LogP contribution in [0.1, 0.15) is 83.9 Å². The lowest BCUT2D eigenvalue weighted by Gasteiger charge is -2.16. The number of rotatable bonds is 12. The number of tetrazole rings is 1. The largest absolute Gasteiger partial charge is 0.171 e. The maximum Gasteiger partial charge on any atom is 0.171 e. The van der Waals surface area contributed by atoms with Gasteiger partial charge in [0, 0.05) is 0 Å². The van der Waals surface area contributed by atoms with Crippen LogP contribution in [0.15, 0.2) is 0 Å². The zero-order valence-corrected chi connectivity index (χ0v) is 13.6. The fourth-order valence-electron chi connectivity index (χ4n) is 2.71. The topological polar surface area (TPSA) is 43.6 Å². The highest BCUT2D eigenvalue weighted by Gasteiger charge is 2.08. The van der Waals surface area contributed by atoms with E-state index in [1.807, 2.05) is 6.92 Å². The second-order valence-electron chi connectivity index (χ2n) is 5.93. The molecule has 0 saturated carbocycles. The lowest BCUT2D eigenvalue weighted by atomic mass is 9.91. The standard InChI is InChI=1S/C16H32N4/c1-4-6-8-12-16(11-7-5-2)13-9-10-14-20-18-15(3)17-19-20/h16H,4-14H2,1-3H3. The molecule has 20 heavy (non-hydrogen) atoms. The molecule has 0 saturated heterocycles. The molecule has 1 unspecified atom stereocenters. The summed E-state index contributed by atoms with van der Waals surface area (Å²) in [6, 6.07) is 0. The van der Waals surface area contributed by atoms with Crippen LogP contribution < -0.4 is 0 Å². The smallest absolute Gasteiger partial charge is 0.164 e. The van der Waals surface area contributed by atoms with Crippen molar-refractivity contribution in [2.75, 3.05) is 0 Å². The van der Waals surface area contributed by atoms with Crippen LogP contribution in [-0.2, 0) is 6.54 Å². The maximum absolute atomic E-state index is 4.23. The molecule has 1 heterocycles. The lowest BCUT2D eigenvalue weighted by molar-refractivity contribution is 0.365. The van der Waals surface area contributed by atoms with Gasteiger partial charge in [0.05, 0.1) is 6.54 Å². The molecular formula is C16H32N4. The van der Waals surface area contributed by atoms with E-state index in [1.165, 1.54) is 64.2 Å². The third-order valence-corrected chi connectivity index (χ3v) is 3.96. The van der Waals surface area contributed by atoms with Crippen molar-refractivity contribution in [3.05, 3.63) is 5.82 Å². The summed E-state index contributed by atoms with van der Waals surface area (Å²) in [7, 11) is 0. The van der Waals surface area contributed by atoms with Crippen LogP contribution in [0.2, 0.25) is 0 Å². The van der Waals surface area contributed by atoms with Crippen LogP contribution in [0.5, 0.6) is 0 Å². The molecule has 0 amide bonds. The lowest BCUT2D eigenvalue weighted by Crippen LogP contribution is -2.05. The molecule has 0 aliphatic rings. The van der Waals surface area contributed by atoms with E-state index in [9.17, 15) is 0 Å². The van der Waals surface area contributed by atoms with Crippen LogP contribution >= 0.6 is 0 Å². The fraction of sp³-hybridized carbons (Fsp3) is 0.938. The van der Waals surface area contributed by atoms with Gasteiger partial charge in [0.1, 0.15) is 0 Å². The van der Waals surface area contributed by atoms with Gasteiger partial charge in [-0.3, -0.25) is 0 Å². The molecule has 0 N–H and O–H groups in total. The van der Waals surface area contributed by atoms with E-state index in [0.29, 0.717) is 0 Å². The number of hydrogen-bond acceptors (Lipinski definition) is 3. The van der Waals surface area contributed by atoms with Gasteiger partial charge < -0.3 is 0 Å². The fourth-order valence-corrected chi connectivity index (χ4v) is 2.71. The second-order valence-corrected chi connectivity index (χ2v) is 5.93. The summed E-state index contributed by atoms with van der Waals surface area (Å²) in [4.78, 5) is 1.73. The van der Waals surface area contributed by atoms with Crippen LogP contribution in [0.4, 0.5) is 0 Å². The van der Waals surface area contributed by atoms with Crippen molar-refractivity contribution in [1.82, 2.24) is 20.2 Å². The monoisotopic (exact) mass is 280 g/mol. The highest BCUT2D eigenvalue weighted by Crippen LogP contribution is 2.22. The number of aryl methyl sites for hydroxylation is 2. The first kappa shape index (κ1) is 17.1. The Balaban J connectivity index is 2.15. The average molecular weight is 280 g/mol. The van der Waals surface area contributed by atoms with E-state index < -0.39 is 0 Å². The molecule has 116 valence electrons. The third kappa shape index (κ3) is 7.61. The third-order valence-electron chi connectivity index (χ3n) is 3.96. The molecule has 1 aromatic rings. The SMILES string of the molecule is CCCCCC(CCCC)CCCCn1nnc(C)n1. The highest BCUT2D eigenvalue weighted by atomic mass is 15.6. The molecule has 1 rings (SSSR count). The van der Waals surface area contributed by atoms with Crippen molar-refractivity contribution in [2.24, 2.45) is 5.92 Å². The first-order valence-electron chi connectivity index (χ1n) is 8.50. The summed E-state index contributed by atoms with van der Waals surface area (Å²) in [5, 5.41) is 12.2. The van der Waals surface area contributed by atoms with E-state index in [0.717, 1.165) is 18.3 Å². The van der Waals surface area contributed by atoms with Crippen molar-refractivity contribution < 1.29 is 0 Å². The van der Waals surface area contributed by atoms with E-state index in [4.69, 9.17) is 0 Å². The van der Waals surface area contributed by atoms with E-state index in [-0.39, 0.29) is 0 Å². The van der Waals surface area contributed by atoms with Crippen LogP contribution in [0.25, 0.3) is 0 Å². The molecule has 0 aromatic carbocycles. The van der Waals surface area contributed by atoms with Crippen LogP contribution in [0.3, 0.4) is 0 Å². The van der Waals surface area contributed by atoms with Gasteiger partial charge in [-0.25, -0.2) is 0 Å². The van der Waals surface area contributed by atoms with Gasteiger partial charge in [-0.05, 0) is 24.5 Å². The molecule has 0 fully saturated rings. The number of hydrogen-bond donors (Lipinski definition) is 0. The van der Waals surface area contributed by atoms with Crippen molar-refractivity contribution in [2.45, 2.75) is 91.5 Å². The van der Waals surface area contributed by atoms with Gasteiger partial charge in [-0.15, -0.1) is 10.2 Å². The zero-order valence-electron chi connectivity index (χ0n) is 13.6. The first-order chi connectivity index (χ1) is 9.76. The Morgan fingerprint density at radius 2 is 1.55 bits per heavy atom. The van der Waals surface area contributed by atoms with Crippen molar-refractivity contribution in [1.29, 1.82) is 0 Å². The van der Waals surface area contributed by atoms with Gasteiger partial charge >= 0.3 is 0 Å². The van der Waals surface area contributed by atoms with E-state index in [1.54, 1.807) is 4.80 Å². The van der Waals surface area contributed by atoms with Crippen molar-refractivity contribution >= 4 is 0 Å². The molecule has 0 radical (unpaired) electrons. The Morgan fingerprint density at radius 3 is 2.15 bits per heavy atom. The summed E-state index contributed by atoms with van der Waals surface area (Å²) in [6.45, 7) is 7.38. The van der Waals surface area contributed by atoms with Crippen LogP contribution in [-0.4, -0.2) is 20.2 Å². The summed E-state index contributed by atoms with van der Waals surface area (Å²) in [6.07, 6.45) is 13.5. The predicted octanol–water partition coefficient (Wildman–Crippen LogP) is 4.54. The Labute approximate surface area is 124 Å². The van der Waals surface area contributed by atoms with Gasteiger partial charge in [0.15, 0.2) is 5.82 Å². The van der Waals surface area contributed by atoms with Gasteiger partial charge in [0.2, 0.25) is 0 Å². The molecule has 0 aliphatic carbocycles. The van der Waals surface area contributed by atoms with E-state index >= 15 is 0 Å². The van der Waals surface area contributed by atoms with Crippen molar-refractivity contribution in [3.63, 3.8) is 0 Å². The molecule has 4 heteroatoms. The minimum Gasteiger partial charge on any atom is -0.164 e. The zero-order chi connectivity index (χ0) is 14.6. The van der Waals surface area contributed by atoms with Crippen LogP contribution in [0, 0.1) is 12.8 Å². The number of aromatic nitrogens is 4. The Hall–Kier alpha value is -0.930. The molecule has 1 atom stereocenters. The number of unbranched alkanes of at least 4 members (excludes halogenated alkanes) is 4.